The van der Waals surface area contributed by atoms with Crippen molar-refractivity contribution in [2.24, 2.45) is 4.99 Å². The van der Waals surface area contributed by atoms with Crippen molar-refractivity contribution in [3.05, 3.63) is 70.0 Å². The van der Waals surface area contributed by atoms with E-state index < -0.39 is 0 Å². The van der Waals surface area contributed by atoms with Crippen LogP contribution in [0.2, 0.25) is 0 Å². The first kappa shape index (κ1) is 16.1. The Morgan fingerprint density at radius 1 is 1.14 bits per heavy atom. The summed E-state index contributed by atoms with van der Waals surface area (Å²) in [5, 5.41) is 0. The lowest BCUT2D eigenvalue weighted by Gasteiger charge is -2.07. The van der Waals surface area contributed by atoms with E-state index in [-0.39, 0.29) is 18.1 Å². The Balaban J connectivity index is 1.99. The van der Waals surface area contributed by atoms with E-state index in [9.17, 15) is 9.18 Å². The van der Waals surface area contributed by atoms with Crippen LogP contribution >= 0.6 is 0 Å². The van der Waals surface area contributed by atoms with Crippen LogP contribution in [0.4, 0.5) is 4.39 Å². The monoisotopic (exact) mass is 297 g/mol. The van der Waals surface area contributed by atoms with Gasteiger partial charge in [0.1, 0.15) is 5.82 Å². The molecule has 0 unspecified atom stereocenters. The van der Waals surface area contributed by atoms with Crippen molar-refractivity contribution in [1.82, 2.24) is 0 Å². The third kappa shape index (κ3) is 4.10. The van der Waals surface area contributed by atoms with E-state index in [1.54, 1.807) is 6.07 Å². The molecule has 22 heavy (non-hydrogen) atoms. The lowest BCUT2D eigenvalue weighted by Crippen LogP contribution is -2.09. The van der Waals surface area contributed by atoms with Crippen molar-refractivity contribution in [2.75, 3.05) is 6.54 Å². The number of benzene rings is 2. The van der Waals surface area contributed by atoms with Gasteiger partial charge in [-0.05, 0) is 49.1 Å². The summed E-state index contributed by atoms with van der Waals surface area (Å²) in [5.41, 5.74) is 4.55. The fraction of sp³-hybridized carbons (Fsp3) is 0.263. The van der Waals surface area contributed by atoms with Gasteiger partial charge in [-0.3, -0.25) is 9.79 Å². The van der Waals surface area contributed by atoms with Crippen LogP contribution in [0, 0.1) is 26.6 Å². The Morgan fingerprint density at radius 3 is 2.45 bits per heavy atom. The Labute approximate surface area is 130 Å². The second-order valence-corrected chi connectivity index (χ2v) is 5.58. The molecule has 0 amide bonds. The number of aryl methyl sites for hydroxylation is 3. The zero-order chi connectivity index (χ0) is 16.1. The predicted octanol–water partition coefficient (Wildman–Crippen LogP) is 3.98. The van der Waals surface area contributed by atoms with E-state index in [0.29, 0.717) is 12.0 Å². The first-order chi connectivity index (χ1) is 10.5. The zero-order valence-corrected chi connectivity index (χ0v) is 13.2. The number of nitrogens with zero attached hydrogens (tertiary/aromatic N) is 1. The summed E-state index contributed by atoms with van der Waals surface area (Å²) >= 11 is 0. The number of Topliss-reactive ketones (excluding diaryl/α,β-unsaturated/α-hetero) is 1. The van der Waals surface area contributed by atoms with Gasteiger partial charge in [0.15, 0.2) is 5.78 Å². The molecule has 114 valence electrons. The molecule has 0 saturated carbocycles. The summed E-state index contributed by atoms with van der Waals surface area (Å²) in [4.78, 5) is 16.1. The lowest BCUT2D eigenvalue weighted by molar-refractivity contribution is -0.117. The van der Waals surface area contributed by atoms with Gasteiger partial charge in [0.25, 0.3) is 0 Å². The SMILES string of the molecule is Cc1ccc(C=NCC(=O)Cc2c(C)cccc2C)c(F)c1. The average molecular weight is 297 g/mol. The van der Waals surface area contributed by atoms with Gasteiger partial charge in [0.05, 0.1) is 6.54 Å². The normalized spacial score (nSPS) is 11.1. The van der Waals surface area contributed by atoms with Crippen molar-refractivity contribution < 1.29 is 9.18 Å². The fourth-order valence-corrected chi connectivity index (χ4v) is 2.36. The van der Waals surface area contributed by atoms with Crippen LogP contribution in [0.3, 0.4) is 0 Å². The quantitative estimate of drug-likeness (QED) is 0.768. The number of ketones is 1. The van der Waals surface area contributed by atoms with Crippen LogP contribution in [-0.2, 0) is 11.2 Å². The van der Waals surface area contributed by atoms with Crippen molar-refractivity contribution in [3.63, 3.8) is 0 Å². The summed E-state index contributed by atoms with van der Waals surface area (Å²) < 4.78 is 13.7. The Kier molecular flexibility index (Phi) is 5.21. The number of carbonyl (C=O) groups excluding carboxylic acids is 1. The van der Waals surface area contributed by atoms with Gasteiger partial charge in [-0.25, -0.2) is 4.39 Å². The number of halogens is 1. The molecule has 2 aromatic rings. The van der Waals surface area contributed by atoms with Crippen molar-refractivity contribution in [3.8, 4) is 0 Å². The van der Waals surface area contributed by atoms with E-state index in [1.807, 2.05) is 45.0 Å². The van der Waals surface area contributed by atoms with Gasteiger partial charge in [0.2, 0.25) is 0 Å². The Bertz CT molecular complexity index is 699. The highest BCUT2D eigenvalue weighted by atomic mass is 19.1. The molecule has 0 N–H and O–H groups in total. The van der Waals surface area contributed by atoms with Crippen molar-refractivity contribution in [2.45, 2.75) is 27.2 Å². The van der Waals surface area contributed by atoms with E-state index in [2.05, 4.69) is 4.99 Å². The van der Waals surface area contributed by atoms with Gasteiger partial charge < -0.3 is 0 Å². The minimum atomic E-state index is -0.314. The highest BCUT2D eigenvalue weighted by Crippen LogP contribution is 2.14. The number of rotatable bonds is 5. The lowest BCUT2D eigenvalue weighted by atomic mass is 9.98. The maximum Gasteiger partial charge on any atom is 0.158 e. The van der Waals surface area contributed by atoms with E-state index in [0.717, 1.165) is 22.3 Å². The van der Waals surface area contributed by atoms with Crippen LogP contribution in [-0.4, -0.2) is 18.5 Å². The largest absolute Gasteiger partial charge is 0.297 e. The van der Waals surface area contributed by atoms with E-state index >= 15 is 0 Å². The van der Waals surface area contributed by atoms with E-state index in [4.69, 9.17) is 0 Å². The smallest absolute Gasteiger partial charge is 0.158 e. The van der Waals surface area contributed by atoms with Crippen LogP contribution < -0.4 is 0 Å². The first-order valence-electron chi connectivity index (χ1n) is 7.30. The summed E-state index contributed by atoms with van der Waals surface area (Å²) in [7, 11) is 0. The second-order valence-electron chi connectivity index (χ2n) is 5.58. The minimum Gasteiger partial charge on any atom is -0.297 e. The average Bonchev–Trinajstić information content (AvgIpc) is 2.45. The van der Waals surface area contributed by atoms with Gasteiger partial charge >= 0.3 is 0 Å². The first-order valence-corrected chi connectivity index (χ1v) is 7.30. The molecule has 2 nitrogen and oxygen atoms in total. The van der Waals surface area contributed by atoms with Crippen LogP contribution in [0.1, 0.15) is 27.8 Å². The Morgan fingerprint density at radius 2 is 1.82 bits per heavy atom. The molecule has 0 aliphatic rings. The molecule has 0 atom stereocenters. The molecule has 2 rings (SSSR count). The van der Waals surface area contributed by atoms with Crippen LogP contribution in [0.25, 0.3) is 0 Å². The molecular weight excluding hydrogens is 277 g/mol. The molecule has 0 bridgehead atoms. The second kappa shape index (κ2) is 7.12. The van der Waals surface area contributed by atoms with Crippen LogP contribution in [0.15, 0.2) is 41.4 Å². The van der Waals surface area contributed by atoms with Gasteiger partial charge in [-0.15, -0.1) is 0 Å². The molecule has 0 heterocycles. The van der Waals surface area contributed by atoms with Crippen molar-refractivity contribution in [1.29, 1.82) is 0 Å². The molecule has 0 aromatic heterocycles. The summed E-state index contributed by atoms with van der Waals surface area (Å²) in [5.74, 6) is -0.285. The summed E-state index contributed by atoms with van der Waals surface area (Å²) in [6, 6.07) is 10.9. The fourth-order valence-electron chi connectivity index (χ4n) is 2.36. The third-order valence-corrected chi connectivity index (χ3v) is 3.67. The standard InChI is InChI=1S/C19H20FNO/c1-13-7-8-16(19(20)9-13)11-21-12-17(22)10-18-14(2)5-4-6-15(18)3/h4-9,11H,10,12H2,1-3H3. The highest BCUT2D eigenvalue weighted by molar-refractivity contribution is 5.87. The molecule has 0 aliphatic carbocycles. The molecule has 2 aromatic carbocycles. The van der Waals surface area contributed by atoms with Gasteiger partial charge in [-0.1, -0.05) is 30.3 Å². The zero-order valence-electron chi connectivity index (χ0n) is 13.2. The van der Waals surface area contributed by atoms with Gasteiger partial charge in [0, 0.05) is 18.2 Å². The number of carbonyl (C=O) groups is 1. The summed E-state index contributed by atoms with van der Waals surface area (Å²) in [6.07, 6.45) is 1.80. The molecule has 0 radical (unpaired) electrons. The van der Waals surface area contributed by atoms with Gasteiger partial charge in [-0.2, -0.15) is 0 Å². The molecule has 0 aliphatic heterocycles. The molecule has 0 saturated heterocycles. The summed E-state index contributed by atoms with van der Waals surface area (Å²) in [6.45, 7) is 5.90. The number of hydrogen-bond donors (Lipinski definition) is 0. The third-order valence-electron chi connectivity index (χ3n) is 3.67. The van der Waals surface area contributed by atoms with Crippen molar-refractivity contribution >= 4 is 12.0 Å². The minimum absolute atomic E-state index is 0.0289. The van der Waals surface area contributed by atoms with E-state index in [1.165, 1.54) is 12.3 Å². The highest BCUT2D eigenvalue weighted by Gasteiger charge is 2.08. The number of aliphatic imine (C=N–C) groups is 1. The number of hydrogen-bond acceptors (Lipinski definition) is 2. The maximum atomic E-state index is 13.7. The topological polar surface area (TPSA) is 29.4 Å². The predicted molar refractivity (Wildman–Crippen MR) is 88.2 cm³/mol. The van der Waals surface area contributed by atoms with Crippen LogP contribution in [0.5, 0.6) is 0 Å². The molecule has 0 fully saturated rings. The molecular formula is C19H20FNO. The molecule has 3 heteroatoms. The Hall–Kier alpha value is -2.29. The maximum absolute atomic E-state index is 13.7. The molecule has 0 spiro atoms.